The molecule has 5 nitrogen and oxygen atoms in total. The monoisotopic (exact) mass is 265 g/mol. The fourth-order valence-corrected chi connectivity index (χ4v) is 1.73. The van der Waals surface area contributed by atoms with Crippen molar-refractivity contribution < 1.29 is 13.9 Å². The lowest BCUT2D eigenvalue weighted by atomic mass is 10.2. The summed E-state index contributed by atoms with van der Waals surface area (Å²) in [5, 5.41) is 7.01. The number of rotatable bonds is 1. The molecule has 1 amide bonds. The van der Waals surface area contributed by atoms with Crippen molar-refractivity contribution in [1.82, 2.24) is 9.78 Å². The van der Waals surface area contributed by atoms with Crippen molar-refractivity contribution in [3.63, 3.8) is 0 Å². The van der Waals surface area contributed by atoms with Crippen LogP contribution in [0.1, 0.15) is 20.8 Å². The van der Waals surface area contributed by atoms with Crippen LogP contribution in [0.4, 0.5) is 14.9 Å². The zero-order valence-electron chi connectivity index (χ0n) is 11.3. The van der Waals surface area contributed by atoms with Crippen molar-refractivity contribution in [3.05, 3.63) is 24.1 Å². The Morgan fingerprint density at radius 1 is 1.42 bits per heavy atom. The highest BCUT2D eigenvalue weighted by Crippen LogP contribution is 2.26. The minimum absolute atomic E-state index is 0.0832. The van der Waals surface area contributed by atoms with Crippen molar-refractivity contribution in [3.8, 4) is 0 Å². The summed E-state index contributed by atoms with van der Waals surface area (Å²) in [5.41, 5.74) is 0.177. The van der Waals surface area contributed by atoms with Crippen LogP contribution in [0.15, 0.2) is 18.3 Å². The molecule has 19 heavy (non-hydrogen) atoms. The van der Waals surface area contributed by atoms with Gasteiger partial charge in [0.05, 0.1) is 17.4 Å². The predicted octanol–water partition coefficient (Wildman–Crippen LogP) is 3.06. The number of nitrogens with one attached hydrogen (secondary N) is 1. The van der Waals surface area contributed by atoms with Crippen LogP contribution in [0.5, 0.6) is 0 Å². The van der Waals surface area contributed by atoms with Gasteiger partial charge in [0.25, 0.3) is 0 Å². The molecule has 0 fully saturated rings. The van der Waals surface area contributed by atoms with Gasteiger partial charge in [-0.3, -0.25) is 10.00 Å². The second-order valence-electron chi connectivity index (χ2n) is 5.25. The van der Waals surface area contributed by atoms with Crippen LogP contribution in [0.2, 0.25) is 0 Å². The fraction of sp³-hybridized carbons (Fsp3) is 0.385. The van der Waals surface area contributed by atoms with Gasteiger partial charge in [-0.05, 0) is 32.9 Å². The van der Waals surface area contributed by atoms with Crippen LogP contribution < -0.4 is 5.32 Å². The number of halogens is 1. The SMILES string of the molecule is Cn1ncc2c(NC(=O)OC(C)(C)C)c(F)ccc21. The minimum atomic E-state index is -0.692. The number of benzene rings is 1. The molecule has 0 saturated heterocycles. The summed E-state index contributed by atoms with van der Waals surface area (Å²) in [6.45, 7) is 5.23. The third-order valence-electron chi connectivity index (χ3n) is 2.51. The van der Waals surface area contributed by atoms with E-state index in [9.17, 15) is 9.18 Å². The molecule has 0 radical (unpaired) electrons. The van der Waals surface area contributed by atoms with Crippen LogP contribution in [0.3, 0.4) is 0 Å². The number of anilines is 1. The zero-order chi connectivity index (χ0) is 14.2. The number of carbonyl (C=O) groups is 1. The number of amides is 1. The Morgan fingerprint density at radius 2 is 2.11 bits per heavy atom. The first-order valence-corrected chi connectivity index (χ1v) is 5.88. The summed E-state index contributed by atoms with van der Waals surface area (Å²) in [6.07, 6.45) is 0.813. The molecule has 1 aromatic heterocycles. The molecule has 2 rings (SSSR count). The number of carbonyl (C=O) groups excluding carboxylic acids is 1. The van der Waals surface area contributed by atoms with E-state index in [-0.39, 0.29) is 5.69 Å². The summed E-state index contributed by atoms with van der Waals surface area (Å²) in [6, 6.07) is 2.90. The lowest BCUT2D eigenvalue weighted by molar-refractivity contribution is 0.0635. The topological polar surface area (TPSA) is 56.2 Å². The molecule has 0 atom stereocenters. The normalized spacial score (nSPS) is 11.6. The highest BCUT2D eigenvalue weighted by atomic mass is 19.1. The molecule has 0 aliphatic heterocycles. The van der Waals surface area contributed by atoms with E-state index in [0.717, 1.165) is 5.52 Å². The van der Waals surface area contributed by atoms with Crippen LogP contribution >= 0.6 is 0 Å². The van der Waals surface area contributed by atoms with E-state index in [0.29, 0.717) is 5.39 Å². The quantitative estimate of drug-likeness (QED) is 0.862. The van der Waals surface area contributed by atoms with Crippen molar-refractivity contribution >= 4 is 22.7 Å². The Labute approximate surface area is 110 Å². The van der Waals surface area contributed by atoms with E-state index in [1.807, 2.05) is 0 Å². The van der Waals surface area contributed by atoms with Gasteiger partial charge in [0.1, 0.15) is 11.4 Å². The number of fused-ring (bicyclic) bond motifs is 1. The fourth-order valence-electron chi connectivity index (χ4n) is 1.73. The van der Waals surface area contributed by atoms with Gasteiger partial charge in [0.15, 0.2) is 0 Å². The van der Waals surface area contributed by atoms with Crippen molar-refractivity contribution in [2.45, 2.75) is 26.4 Å². The number of hydrogen-bond donors (Lipinski definition) is 1. The third-order valence-corrected chi connectivity index (χ3v) is 2.51. The molecule has 6 heteroatoms. The summed E-state index contributed by atoms with van der Waals surface area (Å²) in [7, 11) is 1.75. The van der Waals surface area contributed by atoms with E-state index in [4.69, 9.17) is 4.74 Å². The summed E-state index contributed by atoms with van der Waals surface area (Å²) < 4.78 is 20.5. The average Bonchev–Trinajstić information content (AvgIpc) is 2.62. The van der Waals surface area contributed by atoms with Gasteiger partial charge in [0, 0.05) is 12.4 Å². The molecule has 0 bridgehead atoms. The summed E-state index contributed by atoms with van der Waals surface area (Å²) >= 11 is 0. The smallest absolute Gasteiger partial charge is 0.412 e. The first kappa shape index (κ1) is 13.3. The first-order valence-electron chi connectivity index (χ1n) is 5.88. The lowest BCUT2D eigenvalue weighted by Gasteiger charge is -2.20. The van der Waals surface area contributed by atoms with Gasteiger partial charge in [-0.25, -0.2) is 9.18 Å². The summed E-state index contributed by atoms with van der Waals surface area (Å²) in [5.74, 6) is -0.522. The molecular weight excluding hydrogens is 249 g/mol. The largest absolute Gasteiger partial charge is 0.444 e. The molecule has 0 aliphatic carbocycles. The standard InChI is InChI=1S/C13H16FN3O2/c1-13(2,3)19-12(18)16-11-8-7-15-17(4)10(8)6-5-9(11)14/h5-7H,1-4H3,(H,16,18). The van der Waals surface area contributed by atoms with Gasteiger partial charge in [0.2, 0.25) is 0 Å². The van der Waals surface area contributed by atoms with Crippen LogP contribution in [-0.4, -0.2) is 21.5 Å². The van der Waals surface area contributed by atoms with Gasteiger partial charge in [-0.15, -0.1) is 0 Å². The van der Waals surface area contributed by atoms with Crippen LogP contribution in [0, 0.1) is 5.82 Å². The molecule has 0 spiro atoms. The molecule has 0 unspecified atom stereocenters. The molecule has 1 heterocycles. The van der Waals surface area contributed by atoms with E-state index in [2.05, 4.69) is 10.4 Å². The molecule has 2 aromatic rings. The average molecular weight is 265 g/mol. The highest BCUT2D eigenvalue weighted by molar-refractivity contribution is 5.99. The number of aryl methyl sites for hydroxylation is 1. The van der Waals surface area contributed by atoms with E-state index < -0.39 is 17.5 Å². The Bertz CT molecular complexity index is 629. The number of hydrogen-bond acceptors (Lipinski definition) is 3. The van der Waals surface area contributed by atoms with E-state index in [1.54, 1.807) is 38.6 Å². The zero-order valence-corrected chi connectivity index (χ0v) is 11.3. The van der Waals surface area contributed by atoms with Gasteiger partial charge >= 0.3 is 6.09 Å². The number of ether oxygens (including phenoxy) is 1. The second kappa shape index (κ2) is 4.53. The maximum Gasteiger partial charge on any atom is 0.412 e. The van der Waals surface area contributed by atoms with E-state index in [1.165, 1.54) is 12.3 Å². The van der Waals surface area contributed by atoms with Gasteiger partial charge < -0.3 is 4.74 Å². The Balaban J connectivity index is 2.34. The van der Waals surface area contributed by atoms with E-state index >= 15 is 0 Å². The van der Waals surface area contributed by atoms with Crippen LogP contribution in [0.25, 0.3) is 10.9 Å². The minimum Gasteiger partial charge on any atom is -0.444 e. The van der Waals surface area contributed by atoms with Crippen molar-refractivity contribution in [2.24, 2.45) is 7.05 Å². The molecule has 1 aromatic carbocycles. The highest BCUT2D eigenvalue weighted by Gasteiger charge is 2.19. The van der Waals surface area contributed by atoms with Gasteiger partial charge in [-0.1, -0.05) is 0 Å². The number of aromatic nitrogens is 2. The molecular formula is C13H16FN3O2. The third kappa shape index (κ3) is 2.83. The Morgan fingerprint density at radius 3 is 2.74 bits per heavy atom. The van der Waals surface area contributed by atoms with Gasteiger partial charge in [-0.2, -0.15) is 5.10 Å². The molecule has 1 N–H and O–H groups in total. The van der Waals surface area contributed by atoms with Crippen molar-refractivity contribution in [2.75, 3.05) is 5.32 Å². The molecule has 0 aliphatic rings. The first-order chi connectivity index (χ1) is 8.78. The second-order valence-corrected chi connectivity index (χ2v) is 5.25. The van der Waals surface area contributed by atoms with Crippen molar-refractivity contribution in [1.29, 1.82) is 0 Å². The number of nitrogens with zero attached hydrogens (tertiary/aromatic N) is 2. The molecule has 0 saturated carbocycles. The lowest BCUT2D eigenvalue weighted by Crippen LogP contribution is -2.27. The maximum absolute atomic E-state index is 13.8. The Hall–Kier alpha value is -2.11. The maximum atomic E-state index is 13.8. The molecule has 102 valence electrons. The Kier molecular flexibility index (Phi) is 3.18. The van der Waals surface area contributed by atoms with Crippen LogP contribution in [-0.2, 0) is 11.8 Å². The predicted molar refractivity (Wildman–Crippen MR) is 70.5 cm³/mol. The summed E-state index contributed by atoms with van der Waals surface area (Å²) in [4.78, 5) is 11.7.